The molecule has 96 valence electrons. The Kier molecular flexibility index (Phi) is 4.04. The summed E-state index contributed by atoms with van der Waals surface area (Å²) in [5.74, 6) is 0.800. The lowest BCUT2D eigenvalue weighted by Crippen LogP contribution is -2.08. The minimum atomic E-state index is -0.353. The maximum absolute atomic E-state index is 9.27. The Morgan fingerprint density at radius 2 is 1.68 bits per heavy atom. The zero-order valence-corrected chi connectivity index (χ0v) is 11.1. The van der Waals surface area contributed by atoms with E-state index in [1.165, 1.54) is 5.56 Å². The number of ether oxygens (including phenoxy) is 1. The number of hydrogen-bond donors (Lipinski definition) is 1. The SMILES string of the molecule is COc1ccc(NC(C#N)c2ccc(C)cc2)cc1. The van der Waals surface area contributed by atoms with E-state index < -0.39 is 0 Å². The molecule has 0 aromatic heterocycles. The molecule has 0 amide bonds. The van der Waals surface area contributed by atoms with Crippen molar-refractivity contribution in [2.45, 2.75) is 13.0 Å². The van der Waals surface area contributed by atoms with Crippen molar-refractivity contribution in [2.24, 2.45) is 0 Å². The first-order chi connectivity index (χ1) is 9.22. The van der Waals surface area contributed by atoms with E-state index in [0.717, 1.165) is 17.0 Å². The number of anilines is 1. The fraction of sp³-hybridized carbons (Fsp3) is 0.188. The molecule has 0 heterocycles. The van der Waals surface area contributed by atoms with Gasteiger partial charge in [-0.1, -0.05) is 29.8 Å². The molecule has 1 N–H and O–H groups in total. The van der Waals surface area contributed by atoms with Crippen LogP contribution in [0.5, 0.6) is 5.75 Å². The Hall–Kier alpha value is -2.47. The molecule has 3 heteroatoms. The van der Waals surface area contributed by atoms with Gasteiger partial charge in [0.1, 0.15) is 11.8 Å². The summed E-state index contributed by atoms with van der Waals surface area (Å²) in [6, 6.07) is 17.4. The zero-order chi connectivity index (χ0) is 13.7. The Labute approximate surface area is 113 Å². The van der Waals surface area contributed by atoms with Crippen molar-refractivity contribution in [3.63, 3.8) is 0 Å². The smallest absolute Gasteiger partial charge is 0.140 e. The first-order valence-electron chi connectivity index (χ1n) is 6.09. The Bertz CT molecular complexity index is 567. The van der Waals surface area contributed by atoms with Crippen LogP contribution in [0, 0.1) is 18.3 Å². The van der Waals surface area contributed by atoms with Gasteiger partial charge in [0.15, 0.2) is 0 Å². The average Bonchev–Trinajstić information content (AvgIpc) is 2.46. The quantitative estimate of drug-likeness (QED) is 0.902. The van der Waals surface area contributed by atoms with E-state index in [-0.39, 0.29) is 6.04 Å². The van der Waals surface area contributed by atoms with Crippen molar-refractivity contribution >= 4 is 5.69 Å². The van der Waals surface area contributed by atoms with Crippen LogP contribution in [0.1, 0.15) is 17.2 Å². The molecule has 1 unspecified atom stereocenters. The van der Waals surface area contributed by atoms with Gasteiger partial charge in [0.25, 0.3) is 0 Å². The molecule has 19 heavy (non-hydrogen) atoms. The van der Waals surface area contributed by atoms with Crippen LogP contribution in [0.3, 0.4) is 0 Å². The molecule has 0 aliphatic carbocycles. The molecule has 0 saturated carbocycles. The minimum Gasteiger partial charge on any atom is -0.497 e. The predicted octanol–water partition coefficient (Wildman–Crippen LogP) is 3.68. The van der Waals surface area contributed by atoms with E-state index in [4.69, 9.17) is 4.74 Å². The molecule has 3 nitrogen and oxygen atoms in total. The van der Waals surface area contributed by atoms with E-state index in [2.05, 4.69) is 11.4 Å². The molecule has 2 aromatic rings. The zero-order valence-electron chi connectivity index (χ0n) is 11.1. The average molecular weight is 252 g/mol. The van der Waals surface area contributed by atoms with Crippen molar-refractivity contribution in [3.05, 3.63) is 59.7 Å². The van der Waals surface area contributed by atoms with Crippen molar-refractivity contribution in [1.82, 2.24) is 0 Å². The fourth-order valence-corrected chi connectivity index (χ4v) is 1.80. The maximum Gasteiger partial charge on any atom is 0.140 e. The third-order valence-electron chi connectivity index (χ3n) is 2.94. The Morgan fingerprint density at radius 3 is 2.21 bits per heavy atom. The summed E-state index contributed by atoms with van der Waals surface area (Å²) in [7, 11) is 1.63. The summed E-state index contributed by atoms with van der Waals surface area (Å²) in [6.07, 6.45) is 0. The summed E-state index contributed by atoms with van der Waals surface area (Å²) in [6.45, 7) is 2.03. The van der Waals surface area contributed by atoms with Crippen LogP contribution < -0.4 is 10.1 Å². The van der Waals surface area contributed by atoms with Gasteiger partial charge >= 0.3 is 0 Å². The highest BCUT2D eigenvalue weighted by atomic mass is 16.5. The lowest BCUT2D eigenvalue weighted by atomic mass is 10.1. The second kappa shape index (κ2) is 5.92. The van der Waals surface area contributed by atoms with E-state index in [1.54, 1.807) is 7.11 Å². The van der Waals surface area contributed by atoms with Crippen LogP contribution in [0.25, 0.3) is 0 Å². The molecule has 1 atom stereocenters. The van der Waals surface area contributed by atoms with Gasteiger partial charge in [0.05, 0.1) is 13.2 Å². The van der Waals surface area contributed by atoms with Gasteiger partial charge in [-0.05, 0) is 36.8 Å². The molecule has 0 radical (unpaired) electrons. The highest BCUT2D eigenvalue weighted by Gasteiger charge is 2.09. The molecular formula is C16H16N2O. The third kappa shape index (κ3) is 3.26. The largest absolute Gasteiger partial charge is 0.497 e. The Morgan fingerprint density at radius 1 is 1.05 bits per heavy atom. The van der Waals surface area contributed by atoms with Crippen molar-refractivity contribution in [3.8, 4) is 11.8 Å². The lowest BCUT2D eigenvalue weighted by Gasteiger charge is -2.13. The topological polar surface area (TPSA) is 45.0 Å². The van der Waals surface area contributed by atoms with Crippen molar-refractivity contribution in [2.75, 3.05) is 12.4 Å². The number of aryl methyl sites for hydroxylation is 1. The van der Waals surface area contributed by atoms with E-state index in [9.17, 15) is 5.26 Å². The van der Waals surface area contributed by atoms with Gasteiger partial charge < -0.3 is 10.1 Å². The van der Waals surface area contributed by atoms with Gasteiger partial charge in [-0.2, -0.15) is 5.26 Å². The van der Waals surface area contributed by atoms with Crippen LogP contribution in [-0.4, -0.2) is 7.11 Å². The number of nitrogens with zero attached hydrogens (tertiary/aromatic N) is 1. The first-order valence-corrected chi connectivity index (χ1v) is 6.09. The van der Waals surface area contributed by atoms with Gasteiger partial charge in [0, 0.05) is 5.69 Å². The predicted molar refractivity (Wildman–Crippen MR) is 76.1 cm³/mol. The first kappa shape index (κ1) is 13.0. The molecule has 0 spiro atoms. The van der Waals surface area contributed by atoms with E-state index in [1.807, 2.05) is 55.5 Å². The fourth-order valence-electron chi connectivity index (χ4n) is 1.80. The van der Waals surface area contributed by atoms with Gasteiger partial charge in [-0.3, -0.25) is 0 Å². The summed E-state index contributed by atoms with van der Waals surface area (Å²) in [4.78, 5) is 0. The number of benzene rings is 2. The third-order valence-corrected chi connectivity index (χ3v) is 2.94. The van der Waals surface area contributed by atoms with E-state index in [0.29, 0.717) is 0 Å². The minimum absolute atomic E-state index is 0.353. The monoisotopic (exact) mass is 252 g/mol. The number of hydrogen-bond acceptors (Lipinski definition) is 3. The van der Waals surface area contributed by atoms with E-state index >= 15 is 0 Å². The highest BCUT2D eigenvalue weighted by molar-refractivity contribution is 5.49. The summed E-state index contributed by atoms with van der Waals surface area (Å²) < 4.78 is 5.11. The molecular weight excluding hydrogens is 236 g/mol. The normalized spacial score (nSPS) is 11.4. The van der Waals surface area contributed by atoms with Gasteiger partial charge in [0.2, 0.25) is 0 Å². The number of nitrogens with one attached hydrogen (secondary N) is 1. The van der Waals surface area contributed by atoms with Crippen LogP contribution >= 0.6 is 0 Å². The Balaban J connectivity index is 2.14. The number of methoxy groups -OCH3 is 1. The molecule has 0 saturated heterocycles. The molecule has 2 rings (SSSR count). The summed E-state index contributed by atoms with van der Waals surface area (Å²) in [5, 5.41) is 12.5. The van der Waals surface area contributed by atoms with Crippen LogP contribution in [-0.2, 0) is 0 Å². The summed E-state index contributed by atoms with van der Waals surface area (Å²) in [5.41, 5.74) is 3.04. The van der Waals surface area contributed by atoms with Crippen LogP contribution in [0.2, 0.25) is 0 Å². The highest BCUT2D eigenvalue weighted by Crippen LogP contribution is 2.21. The number of rotatable bonds is 4. The van der Waals surface area contributed by atoms with Gasteiger partial charge in [-0.25, -0.2) is 0 Å². The maximum atomic E-state index is 9.27. The molecule has 0 aliphatic heterocycles. The van der Waals surface area contributed by atoms with Crippen molar-refractivity contribution < 1.29 is 4.74 Å². The summed E-state index contributed by atoms with van der Waals surface area (Å²) >= 11 is 0. The van der Waals surface area contributed by atoms with Crippen LogP contribution in [0.15, 0.2) is 48.5 Å². The second-order valence-corrected chi connectivity index (χ2v) is 4.35. The molecule has 0 fully saturated rings. The molecule has 0 bridgehead atoms. The second-order valence-electron chi connectivity index (χ2n) is 4.35. The van der Waals surface area contributed by atoms with Gasteiger partial charge in [-0.15, -0.1) is 0 Å². The molecule has 2 aromatic carbocycles. The van der Waals surface area contributed by atoms with Crippen LogP contribution in [0.4, 0.5) is 5.69 Å². The lowest BCUT2D eigenvalue weighted by molar-refractivity contribution is 0.415. The standard InChI is InChI=1S/C16H16N2O/c1-12-3-5-13(6-4-12)16(11-17)18-14-7-9-15(19-2)10-8-14/h3-10,16,18H,1-2H3. The number of nitriles is 1. The van der Waals surface area contributed by atoms with Crippen molar-refractivity contribution in [1.29, 1.82) is 5.26 Å². The molecule has 0 aliphatic rings.